The van der Waals surface area contributed by atoms with Crippen molar-refractivity contribution in [1.82, 2.24) is 9.55 Å². The van der Waals surface area contributed by atoms with Gasteiger partial charge in [0.2, 0.25) is 5.43 Å². The van der Waals surface area contributed by atoms with Crippen LogP contribution in [0.15, 0.2) is 27.6 Å². The summed E-state index contributed by atoms with van der Waals surface area (Å²) in [6, 6.07) is 1.10. The van der Waals surface area contributed by atoms with Crippen LogP contribution in [0.25, 0.3) is 16.7 Å². The minimum absolute atomic E-state index is 0.0646. The molecule has 3 rings (SSSR count). The number of carbonyl (C=O) groups is 1. The Balaban J connectivity index is 2.52. The van der Waals surface area contributed by atoms with Gasteiger partial charge in [-0.1, -0.05) is 0 Å². The Hall–Kier alpha value is -2.95. The highest BCUT2D eigenvalue weighted by molar-refractivity contribution is 9.10. The summed E-state index contributed by atoms with van der Waals surface area (Å²) in [6.45, 7) is 1.44. The van der Waals surface area contributed by atoms with Crippen LogP contribution >= 0.6 is 15.9 Å². The second-order valence-corrected chi connectivity index (χ2v) is 6.51. The fourth-order valence-electron chi connectivity index (χ4n) is 2.71. The first-order valence-electron chi connectivity index (χ1n) is 8.15. The smallest absolute Gasteiger partial charge is 0.343 e. The minimum atomic E-state index is -1.36. The number of aromatic nitrogens is 2. The van der Waals surface area contributed by atoms with E-state index in [-0.39, 0.29) is 17.9 Å². The van der Waals surface area contributed by atoms with Crippen molar-refractivity contribution in [2.75, 3.05) is 19.0 Å². The van der Waals surface area contributed by atoms with E-state index < -0.39 is 55.9 Å². The van der Waals surface area contributed by atoms with Gasteiger partial charge in [0.25, 0.3) is 0 Å². The molecule has 0 bridgehead atoms. The van der Waals surface area contributed by atoms with E-state index in [1.807, 2.05) is 0 Å². The van der Waals surface area contributed by atoms with Crippen molar-refractivity contribution in [2.24, 2.45) is 0 Å². The average molecular weight is 474 g/mol. The molecule has 0 aliphatic heterocycles. The lowest BCUT2D eigenvalue weighted by Gasteiger charge is -2.16. The lowest BCUT2D eigenvalue weighted by atomic mass is 10.1. The van der Waals surface area contributed by atoms with Crippen molar-refractivity contribution in [3.8, 4) is 5.82 Å². The number of anilines is 1. The summed E-state index contributed by atoms with van der Waals surface area (Å²) in [7, 11) is 1.34. The maximum atomic E-state index is 14.5. The molecule has 0 saturated heterocycles. The number of benzene rings is 1. The highest BCUT2D eigenvalue weighted by atomic mass is 79.9. The molecule has 0 atom stereocenters. The van der Waals surface area contributed by atoms with E-state index in [1.165, 1.54) is 14.0 Å². The number of carbonyl (C=O) groups excluding carboxylic acids is 1. The monoisotopic (exact) mass is 473 g/mol. The van der Waals surface area contributed by atoms with Crippen LogP contribution in [0.1, 0.15) is 17.3 Å². The van der Waals surface area contributed by atoms with Crippen molar-refractivity contribution in [1.29, 1.82) is 0 Å². The molecule has 0 saturated carbocycles. The predicted molar refractivity (Wildman–Crippen MR) is 100 cm³/mol. The summed E-state index contributed by atoms with van der Waals surface area (Å²) in [5.74, 6) is -6.82. The lowest BCUT2D eigenvalue weighted by Crippen LogP contribution is -2.22. The fraction of sp³-hybridized carbons (Fsp3) is 0.167. The Morgan fingerprint density at radius 3 is 2.52 bits per heavy atom. The molecule has 1 N–H and O–H groups in total. The molecule has 2 heterocycles. The first-order chi connectivity index (χ1) is 13.7. The van der Waals surface area contributed by atoms with Crippen LogP contribution in [0, 0.1) is 23.3 Å². The van der Waals surface area contributed by atoms with E-state index in [0.29, 0.717) is 12.1 Å². The van der Waals surface area contributed by atoms with Crippen LogP contribution < -0.4 is 10.7 Å². The van der Waals surface area contributed by atoms with Gasteiger partial charge in [-0.2, -0.15) is 0 Å². The third-order valence-electron chi connectivity index (χ3n) is 4.00. The van der Waals surface area contributed by atoms with Crippen molar-refractivity contribution >= 4 is 38.6 Å². The maximum absolute atomic E-state index is 14.5. The second kappa shape index (κ2) is 7.82. The van der Waals surface area contributed by atoms with Crippen LogP contribution in [0.3, 0.4) is 0 Å². The third kappa shape index (κ3) is 3.46. The van der Waals surface area contributed by atoms with Gasteiger partial charge in [-0.25, -0.2) is 27.3 Å². The van der Waals surface area contributed by atoms with E-state index in [0.717, 1.165) is 10.8 Å². The lowest BCUT2D eigenvalue weighted by molar-refractivity contribution is 0.0524. The van der Waals surface area contributed by atoms with Crippen molar-refractivity contribution < 1.29 is 27.1 Å². The molecule has 0 radical (unpaired) electrons. The number of halogens is 5. The van der Waals surface area contributed by atoms with Crippen LogP contribution in [0.4, 0.5) is 23.4 Å². The quantitative estimate of drug-likeness (QED) is 0.353. The summed E-state index contributed by atoms with van der Waals surface area (Å²) in [6.07, 6.45) is 0.882. The number of esters is 1. The summed E-state index contributed by atoms with van der Waals surface area (Å²) in [5.41, 5.74) is -1.82. The predicted octanol–water partition coefficient (Wildman–Crippen LogP) is 3.92. The van der Waals surface area contributed by atoms with E-state index >= 15 is 0 Å². The topological polar surface area (TPSA) is 73.2 Å². The second-order valence-electron chi connectivity index (χ2n) is 5.72. The molecule has 6 nitrogen and oxygen atoms in total. The average Bonchev–Trinajstić information content (AvgIpc) is 2.67. The Kier molecular flexibility index (Phi) is 5.60. The van der Waals surface area contributed by atoms with Crippen molar-refractivity contribution in [3.63, 3.8) is 0 Å². The molecule has 0 amide bonds. The number of pyridine rings is 2. The molecule has 2 aromatic heterocycles. The van der Waals surface area contributed by atoms with Gasteiger partial charge in [-0.15, -0.1) is 0 Å². The van der Waals surface area contributed by atoms with Gasteiger partial charge in [0.1, 0.15) is 5.56 Å². The van der Waals surface area contributed by atoms with Gasteiger partial charge in [-0.3, -0.25) is 9.36 Å². The van der Waals surface area contributed by atoms with Gasteiger partial charge in [0.15, 0.2) is 34.9 Å². The normalized spacial score (nSPS) is 11.0. The zero-order valence-electron chi connectivity index (χ0n) is 14.9. The maximum Gasteiger partial charge on any atom is 0.343 e. The summed E-state index contributed by atoms with van der Waals surface area (Å²) < 4.78 is 61.6. The molecule has 1 aromatic carbocycles. The molecule has 29 heavy (non-hydrogen) atoms. The molecule has 0 spiro atoms. The zero-order valence-corrected chi connectivity index (χ0v) is 16.5. The van der Waals surface area contributed by atoms with Gasteiger partial charge < -0.3 is 10.1 Å². The molecule has 0 unspecified atom stereocenters. The molecule has 0 aliphatic rings. The number of hydrogen-bond donors (Lipinski definition) is 1. The highest BCUT2D eigenvalue weighted by Crippen LogP contribution is 2.31. The van der Waals surface area contributed by atoms with Gasteiger partial charge >= 0.3 is 5.97 Å². The largest absolute Gasteiger partial charge is 0.462 e. The van der Waals surface area contributed by atoms with Crippen LogP contribution in [-0.2, 0) is 4.74 Å². The Morgan fingerprint density at radius 2 is 1.90 bits per heavy atom. The molecule has 11 heteroatoms. The molecular weight excluding hydrogens is 462 g/mol. The number of rotatable bonds is 4. The van der Waals surface area contributed by atoms with Crippen molar-refractivity contribution in [2.45, 2.75) is 6.92 Å². The number of ether oxygens (including phenoxy) is 1. The van der Waals surface area contributed by atoms with Gasteiger partial charge in [0, 0.05) is 19.3 Å². The SMILES string of the molecule is CCOC(=O)c1cn(-c2nc(NC)c(F)cc2F)c2c(Br)c(F)c(F)cc2c1=O. The van der Waals surface area contributed by atoms with E-state index in [4.69, 9.17) is 4.74 Å². The number of nitrogens with one attached hydrogen (secondary N) is 1. The summed E-state index contributed by atoms with van der Waals surface area (Å²) in [4.78, 5) is 28.7. The van der Waals surface area contributed by atoms with E-state index in [2.05, 4.69) is 26.2 Å². The van der Waals surface area contributed by atoms with Gasteiger partial charge in [-0.05, 0) is 28.9 Å². The first kappa shape index (κ1) is 20.8. The van der Waals surface area contributed by atoms with E-state index in [1.54, 1.807) is 0 Å². The van der Waals surface area contributed by atoms with Crippen LogP contribution in [0.5, 0.6) is 0 Å². The number of fused-ring (bicyclic) bond motifs is 1. The number of hydrogen-bond acceptors (Lipinski definition) is 5. The van der Waals surface area contributed by atoms with Crippen LogP contribution in [0.2, 0.25) is 0 Å². The van der Waals surface area contributed by atoms with Crippen molar-refractivity contribution in [3.05, 3.63) is 61.9 Å². The molecule has 0 fully saturated rings. The first-order valence-corrected chi connectivity index (χ1v) is 8.94. The standard InChI is InChI=1S/C18H12BrF4N3O3/c1-3-29-18(28)8-6-26(17-11(22)5-10(21)16(24-2)25-17)14-7(15(8)27)4-9(20)13(23)12(14)19/h4-6H,3H2,1-2H3,(H,24,25). The Morgan fingerprint density at radius 1 is 1.21 bits per heavy atom. The highest BCUT2D eigenvalue weighted by Gasteiger charge is 2.24. The molecule has 152 valence electrons. The summed E-state index contributed by atoms with van der Waals surface area (Å²) >= 11 is 2.85. The van der Waals surface area contributed by atoms with E-state index in [9.17, 15) is 27.2 Å². The molecule has 0 aliphatic carbocycles. The Bertz CT molecular complexity index is 1210. The third-order valence-corrected chi connectivity index (χ3v) is 4.72. The molecule has 3 aromatic rings. The summed E-state index contributed by atoms with van der Waals surface area (Å²) in [5, 5.41) is 1.99. The number of nitrogens with zero attached hydrogens (tertiary/aromatic N) is 2. The van der Waals surface area contributed by atoms with Crippen LogP contribution in [-0.4, -0.2) is 29.2 Å². The van der Waals surface area contributed by atoms with Gasteiger partial charge in [0.05, 0.1) is 22.0 Å². The molecular formula is C18H12BrF4N3O3. The Labute approximate surface area is 169 Å². The zero-order chi connectivity index (χ0) is 21.5. The fourth-order valence-corrected chi connectivity index (χ4v) is 3.31. The minimum Gasteiger partial charge on any atom is -0.462 e.